The van der Waals surface area contributed by atoms with Gasteiger partial charge in [0.2, 0.25) is 0 Å². The predicted molar refractivity (Wildman–Crippen MR) is 59.2 cm³/mol. The number of nitrogens with zero attached hydrogens (tertiary/aromatic N) is 2. The molecule has 0 aliphatic rings. The molecule has 0 saturated heterocycles. The van der Waals surface area contributed by atoms with E-state index in [0.717, 1.165) is 0 Å². The number of anilines is 2. The minimum absolute atomic E-state index is 0.0349. The maximum absolute atomic E-state index is 9.13. The summed E-state index contributed by atoms with van der Waals surface area (Å²) >= 11 is 0. The summed E-state index contributed by atoms with van der Waals surface area (Å²) in [7, 11) is 0. The van der Waals surface area contributed by atoms with E-state index in [1.165, 1.54) is 6.20 Å². The SMILES string of the molecule is CC(C)C(CO)Nc1cncc(NN)n1. The van der Waals surface area contributed by atoms with E-state index in [0.29, 0.717) is 17.6 Å². The van der Waals surface area contributed by atoms with Crippen LogP contribution in [0.15, 0.2) is 12.4 Å². The Morgan fingerprint density at radius 3 is 2.60 bits per heavy atom. The van der Waals surface area contributed by atoms with Gasteiger partial charge in [0.25, 0.3) is 0 Å². The highest BCUT2D eigenvalue weighted by Crippen LogP contribution is 2.10. The van der Waals surface area contributed by atoms with Gasteiger partial charge in [-0.2, -0.15) is 0 Å². The van der Waals surface area contributed by atoms with Crippen molar-refractivity contribution in [1.82, 2.24) is 9.97 Å². The molecule has 0 bridgehead atoms. The van der Waals surface area contributed by atoms with Crippen molar-refractivity contribution in [2.75, 3.05) is 17.3 Å². The third kappa shape index (κ3) is 3.34. The Bertz CT molecular complexity index is 304. The fourth-order valence-corrected chi connectivity index (χ4v) is 1.12. The number of hydrazine groups is 1. The lowest BCUT2D eigenvalue weighted by molar-refractivity contribution is 0.249. The molecule has 15 heavy (non-hydrogen) atoms. The molecule has 84 valence electrons. The van der Waals surface area contributed by atoms with Crippen LogP contribution in [-0.4, -0.2) is 27.7 Å². The largest absolute Gasteiger partial charge is 0.394 e. The van der Waals surface area contributed by atoms with Gasteiger partial charge in [0.05, 0.1) is 25.0 Å². The van der Waals surface area contributed by atoms with Crippen LogP contribution in [0.2, 0.25) is 0 Å². The minimum Gasteiger partial charge on any atom is -0.394 e. The molecule has 6 nitrogen and oxygen atoms in total. The summed E-state index contributed by atoms with van der Waals surface area (Å²) in [6.07, 6.45) is 3.11. The van der Waals surface area contributed by atoms with Crippen molar-refractivity contribution in [2.45, 2.75) is 19.9 Å². The highest BCUT2D eigenvalue weighted by molar-refractivity contribution is 5.41. The third-order valence-electron chi connectivity index (χ3n) is 2.12. The van der Waals surface area contributed by atoms with Gasteiger partial charge in [0.1, 0.15) is 5.82 Å². The number of nitrogens with two attached hydrogens (primary N) is 1. The first-order chi connectivity index (χ1) is 7.17. The number of hydrogen-bond acceptors (Lipinski definition) is 6. The molecule has 1 atom stereocenters. The molecular formula is C9H17N5O. The summed E-state index contributed by atoms with van der Waals surface area (Å²) < 4.78 is 0. The molecule has 1 heterocycles. The molecule has 1 unspecified atom stereocenters. The standard InChI is InChI=1S/C9H17N5O/c1-6(2)7(5-15)12-8-3-11-4-9(13-8)14-10/h3-4,6-7,15H,5,10H2,1-2H3,(H2,12,13,14). The van der Waals surface area contributed by atoms with E-state index in [-0.39, 0.29) is 12.6 Å². The lowest BCUT2D eigenvalue weighted by atomic mass is 10.1. The molecule has 5 N–H and O–H groups in total. The van der Waals surface area contributed by atoms with Crippen molar-refractivity contribution in [3.8, 4) is 0 Å². The number of aliphatic hydroxyl groups excluding tert-OH is 1. The van der Waals surface area contributed by atoms with Gasteiger partial charge in [0, 0.05) is 0 Å². The number of aliphatic hydroxyl groups is 1. The van der Waals surface area contributed by atoms with Gasteiger partial charge in [-0.15, -0.1) is 0 Å². The summed E-state index contributed by atoms with van der Waals surface area (Å²) in [6, 6.07) is -0.0349. The van der Waals surface area contributed by atoms with E-state index in [2.05, 4.69) is 20.7 Å². The first-order valence-electron chi connectivity index (χ1n) is 4.83. The average molecular weight is 211 g/mol. The second-order valence-corrected chi connectivity index (χ2v) is 3.61. The Labute approximate surface area is 88.9 Å². The Morgan fingerprint density at radius 2 is 2.07 bits per heavy atom. The van der Waals surface area contributed by atoms with E-state index >= 15 is 0 Å². The molecule has 6 heteroatoms. The number of rotatable bonds is 5. The molecule has 0 radical (unpaired) electrons. The summed E-state index contributed by atoms with van der Waals surface area (Å²) in [6.45, 7) is 4.10. The smallest absolute Gasteiger partial charge is 0.160 e. The van der Waals surface area contributed by atoms with Gasteiger partial charge in [-0.05, 0) is 5.92 Å². The Balaban J connectivity index is 2.70. The topological polar surface area (TPSA) is 96.1 Å². The van der Waals surface area contributed by atoms with Crippen LogP contribution in [0.3, 0.4) is 0 Å². The van der Waals surface area contributed by atoms with Crippen molar-refractivity contribution in [3.63, 3.8) is 0 Å². The van der Waals surface area contributed by atoms with Crippen LogP contribution in [0.4, 0.5) is 11.6 Å². The molecule has 0 amide bonds. The average Bonchev–Trinajstić information content (AvgIpc) is 2.25. The Kier molecular flexibility index (Phi) is 4.26. The zero-order valence-corrected chi connectivity index (χ0v) is 8.94. The molecule has 0 aliphatic heterocycles. The van der Waals surface area contributed by atoms with Gasteiger partial charge < -0.3 is 15.8 Å². The van der Waals surface area contributed by atoms with Crippen LogP contribution in [0, 0.1) is 5.92 Å². The molecule has 1 aromatic heterocycles. The van der Waals surface area contributed by atoms with E-state index in [1.807, 2.05) is 13.8 Å². The van der Waals surface area contributed by atoms with Gasteiger partial charge in [-0.3, -0.25) is 4.98 Å². The molecule has 1 aromatic rings. The van der Waals surface area contributed by atoms with E-state index < -0.39 is 0 Å². The van der Waals surface area contributed by atoms with Crippen molar-refractivity contribution in [2.24, 2.45) is 11.8 Å². The monoisotopic (exact) mass is 211 g/mol. The summed E-state index contributed by atoms with van der Waals surface area (Å²) in [5.74, 6) is 6.61. The number of hydrogen-bond donors (Lipinski definition) is 4. The Hall–Kier alpha value is -1.40. The minimum atomic E-state index is -0.0349. The molecular weight excluding hydrogens is 194 g/mol. The summed E-state index contributed by atoms with van der Waals surface area (Å²) in [5.41, 5.74) is 2.41. The molecule has 0 aliphatic carbocycles. The second kappa shape index (κ2) is 5.47. The van der Waals surface area contributed by atoms with Gasteiger partial charge in [-0.1, -0.05) is 13.8 Å². The summed E-state index contributed by atoms with van der Waals surface area (Å²) in [5, 5.41) is 12.2. The zero-order chi connectivity index (χ0) is 11.3. The van der Waals surface area contributed by atoms with E-state index in [4.69, 9.17) is 10.9 Å². The highest BCUT2D eigenvalue weighted by atomic mass is 16.3. The number of aromatic nitrogens is 2. The normalized spacial score (nSPS) is 12.6. The molecule has 1 rings (SSSR count). The highest BCUT2D eigenvalue weighted by Gasteiger charge is 2.12. The third-order valence-corrected chi connectivity index (χ3v) is 2.12. The molecule has 0 fully saturated rings. The van der Waals surface area contributed by atoms with Crippen LogP contribution in [-0.2, 0) is 0 Å². The predicted octanol–water partition coefficient (Wildman–Crippen LogP) is 0.191. The lowest BCUT2D eigenvalue weighted by Crippen LogP contribution is -2.30. The fraction of sp³-hybridized carbons (Fsp3) is 0.556. The van der Waals surface area contributed by atoms with Crippen LogP contribution in [0.1, 0.15) is 13.8 Å². The first kappa shape index (κ1) is 11.7. The second-order valence-electron chi connectivity index (χ2n) is 3.61. The van der Waals surface area contributed by atoms with Crippen LogP contribution in [0.25, 0.3) is 0 Å². The lowest BCUT2D eigenvalue weighted by Gasteiger charge is -2.20. The zero-order valence-electron chi connectivity index (χ0n) is 8.94. The maximum atomic E-state index is 9.13. The van der Waals surface area contributed by atoms with Crippen molar-refractivity contribution >= 4 is 11.6 Å². The molecule has 0 saturated carbocycles. The first-order valence-corrected chi connectivity index (χ1v) is 4.83. The van der Waals surface area contributed by atoms with Crippen LogP contribution in [0.5, 0.6) is 0 Å². The Morgan fingerprint density at radius 1 is 1.40 bits per heavy atom. The number of nitrogens with one attached hydrogen (secondary N) is 2. The van der Waals surface area contributed by atoms with Gasteiger partial charge in [-0.25, -0.2) is 10.8 Å². The van der Waals surface area contributed by atoms with Gasteiger partial charge >= 0.3 is 0 Å². The number of nitrogen functional groups attached to an aromatic ring is 1. The van der Waals surface area contributed by atoms with Gasteiger partial charge in [0.15, 0.2) is 5.82 Å². The van der Waals surface area contributed by atoms with Crippen LogP contribution < -0.4 is 16.6 Å². The fourth-order valence-electron chi connectivity index (χ4n) is 1.12. The molecule has 0 spiro atoms. The quantitative estimate of drug-likeness (QED) is 0.410. The molecule has 0 aromatic carbocycles. The van der Waals surface area contributed by atoms with Crippen molar-refractivity contribution in [3.05, 3.63) is 12.4 Å². The maximum Gasteiger partial charge on any atom is 0.160 e. The van der Waals surface area contributed by atoms with Crippen LogP contribution >= 0.6 is 0 Å². The summed E-state index contributed by atoms with van der Waals surface area (Å²) in [4.78, 5) is 8.09. The van der Waals surface area contributed by atoms with Crippen molar-refractivity contribution < 1.29 is 5.11 Å². The van der Waals surface area contributed by atoms with Crippen molar-refractivity contribution in [1.29, 1.82) is 0 Å². The van der Waals surface area contributed by atoms with E-state index in [1.54, 1.807) is 6.20 Å². The van der Waals surface area contributed by atoms with E-state index in [9.17, 15) is 0 Å².